The number of primary sulfonamides is 1. The van der Waals surface area contributed by atoms with Gasteiger partial charge in [0.05, 0.1) is 17.1 Å². The maximum absolute atomic E-state index is 11.7. The molecule has 0 spiro atoms. The van der Waals surface area contributed by atoms with Gasteiger partial charge in [-0.3, -0.25) is 0 Å². The first-order valence-corrected chi connectivity index (χ1v) is 7.79. The Morgan fingerprint density at radius 3 is 2.33 bits per heavy atom. The smallest absolute Gasteiger partial charge is 0.240 e. The van der Waals surface area contributed by atoms with Gasteiger partial charge < -0.3 is 16.0 Å². The topological polar surface area (TPSA) is 101 Å². The van der Waals surface area contributed by atoms with Gasteiger partial charge in [-0.05, 0) is 30.3 Å². The molecule has 2 rings (SSSR count). The summed E-state index contributed by atoms with van der Waals surface area (Å²) in [7, 11) is -0.0516. The number of hydrogen-bond donors (Lipinski definition) is 3. The van der Waals surface area contributed by atoms with Crippen LogP contribution >= 0.6 is 0 Å². The van der Waals surface area contributed by atoms with Gasteiger partial charge in [0.2, 0.25) is 10.0 Å². The number of para-hydroxylation sites is 2. The molecule has 112 valence electrons. The van der Waals surface area contributed by atoms with E-state index in [-0.39, 0.29) is 4.90 Å². The molecule has 0 aliphatic carbocycles. The molecule has 0 bridgehead atoms. The molecule has 0 aliphatic rings. The lowest BCUT2D eigenvalue weighted by Gasteiger charge is -2.19. The van der Waals surface area contributed by atoms with Crippen molar-refractivity contribution in [1.82, 2.24) is 0 Å². The maximum atomic E-state index is 11.7. The largest absolute Gasteiger partial charge is 0.399 e. The second kappa shape index (κ2) is 5.63. The van der Waals surface area contributed by atoms with Crippen molar-refractivity contribution < 1.29 is 8.42 Å². The number of nitrogens with two attached hydrogens (primary N) is 2. The molecule has 5 N–H and O–H groups in total. The Kier molecular flexibility index (Phi) is 4.06. The number of rotatable bonds is 4. The van der Waals surface area contributed by atoms with Crippen molar-refractivity contribution in [2.75, 3.05) is 30.0 Å². The molecule has 21 heavy (non-hydrogen) atoms. The zero-order valence-corrected chi connectivity index (χ0v) is 12.7. The van der Waals surface area contributed by atoms with E-state index in [1.807, 2.05) is 43.3 Å². The summed E-state index contributed by atoms with van der Waals surface area (Å²) in [5.74, 6) is 0. The molecule has 0 radical (unpaired) electrons. The molecule has 0 heterocycles. The van der Waals surface area contributed by atoms with E-state index in [1.54, 1.807) is 12.1 Å². The van der Waals surface area contributed by atoms with Crippen molar-refractivity contribution in [2.24, 2.45) is 5.14 Å². The lowest BCUT2D eigenvalue weighted by molar-refractivity contribution is 0.598. The SMILES string of the molecule is CN(C)c1ccccc1Nc1ccc(N)cc1S(N)(=O)=O. The van der Waals surface area contributed by atoms with Crippen LogP contribution in [0.25, 0.3) is 0 Å². The Bertz CT molecular complexity index is 757. The third-order valence-electron chi connectivity index (χ3n) is 2.97. The minimum atomic E-state index is -3.87. The standard InChI is InChI=1S/C14H18N4O2S/c1-18(2)13-6-4-3-5-11(13)17-12-8-7-10(15)9-14(12)21(16,19)20/h3-9,17H,15H2,1-2H3,(H2,16,19,20). The van der Waals surface area contributed by atoms with Crippen molar-refractivity contribution in [1.29, 1.82) is 0 Å². The number of sulfonamides is 1. The average molecular weight is 306 g/mol. The monoisotopic (exact) mass is 306 g/mol. The van der Waals surface area contributed by atoms with Crippen LogP contribution in [-0.4, -0.2) is 22.5 Å². The van der Waals surface area contributed by atoms with E-state index in [4.69, 9.17) is 10.9 Å². The van der Waals surface area contributed by atoms with Gasteiger partial charge in [0, 0.05) is 19.8 Å². The van der Waals surface area contributed by atoms with Crippen molar-refractivity contribution in [2.45, 2.75) is 4.90 Å². The molecule has 0 atom stereocenters. The van der Waals surface area contributed by atoms with Gasteiger partial charge in [-0.2, -0.15) is 0 Å². The molecule has 0 saturated heterocycles. The van der Waals surface area contributed by atoms with E-state index in [1.165, 1.54) is 6.07 Å². The number of nitrogen functional groups attached to an aromatic ring is 1. The van der Waals surface area contributed by atoms with Crippen LogP contribution in [0.4, 0.5) is 22.7 Å². The highest BCUT2D eigenvalue weighted by Gasteiger charge is 2.15. The van der Waals surface area contributed by atoms with Crippen LogP contribution < -0.4 is 21.1 Å². The second-order valence-electron chi connectivity index (χ2n) is 4.84. The molecule has 2 aromatic rings. The Morgan fingerprint density at radius 2 is 1.71 bits per heavy atom. The van der Waals surface area contributed by atoms with Crippen molar-refractivity contribution in [3.63, 3.8) is 0 Å². The Labute approximate surface area is 124 Å². The highest BCUT2D eigenvalue weighted by molar-refractivity contribution is 7.89. The highest BCUT2D eigenvalue weighted by atomic mass is 32.2. The van der Waals surface area contributed by atoms with E-state index in [0.717, 1.165) is 11.4 Å². The van der Waals surface area contributed by atoms with Gasteiger partial charge in [-0.15, -0.1) is 0 Å². The number of benzene rings is 2. The Hall–Kier alpha value is -2.25. The first-order chi connectivity index (χ1) is 9.79. The van der Waals surface area contributed by atoms with Gasteiger partial charge in [-0.1, -0.05) is 12.1 Å². The number of nitrogens with zero attached hydrogens (tertiary/aromatic N) is 1. The van der Waals surface area contributed by atoms with Crippen molar-refractivity contribution >= 4 is 32.8 Å². The maximum Gasteiger partial charge on any atom is 0.240 e. The van der Waals surface area contributed by atoms with Crippen LogP contribution in [-0.2, 0) is 10.0 Å². The van der Waals surface area contributed by atoms with Crippen LogP contribution in [0.2, 0.25) is 0 Å². The van der Waals surface area contributed by atoms with Gasteiger partial charge in [0.25, 0.3) is 0 Å². The van der Waals surface area contributed by atoms with Gasteiger partial charge in [0.1, 0.15) is 4.90 Å². The molecular weight excluding hydrogens is 288 g/mol. The molecule has 0 unspecified atom stereocenters. The van der Waals surface area contributed by atoms with Crippen LogP contribution in [0, 0.1) is 0 Å². The van der Waals surface area contributed by atoms with E-state index in [2.05, 4.69) is 5.32 Å². The molecule has 0 fully saturated rings. The summed E-state index contributed by atoms with van der Waals surface area (Å²) in [6.45, 7) is 0. The van der Waals surface area contributed by atoms with Crippen LogP contribution in [0.5, 0.6) is 0 Å². The summed E-state index contributed by atoms with van der Waals surface area (Å²) >= 11 is 0. The fraction of sp³-hybridized carbons (Fsp3) is 0.143. The van der Waals surface area contributed by atoms with Crippen LogP contribution in [0.1, 0.15) is 0 Å². The third-order valence-corrected chi connectivity index (χ3v) is 3.92. The zero-order valence-electron chi connectivity index (χ0n) is 11.9. The second-order valence-corrected chi connectivity index (χ2v) is 6.37. The van der Waals surface area contributed by atoms with Crippen LogP contribution in [0.15, 0.2) is 47.4 Å². The van der Waals surface area contributed by atoms with Crippen LogP contribution in [0.3, 0.4) is 0 Å². The number of hydrogen-bond acceptors (Lipinski definition) is 5. The number of nitrogens with one attached hydrogen (secondary N) is 1. The highest BCUT2D eigenvalue weighted by Crippen LogP contribution is 2.31. The predicted molar refractivity (Wildman–Crippen MR) is 86.3 cm³/mol. The lowest BCUT2D eigenvalue weighted by atomic mass is 10.2. The zero-order chi connectivity index (χ0) is 15.6. The molecule has 0 aromatic heterocycles. The van der Waals surface area contributed by atoms with E-state index in [0.29, 0.717) is 11.4 Å². The molecule has 6 nitrogen and oxygen atoms in total. The van der Waals surface area contributed by atoms with Gasteiger partial charge in [0.15, 0.2) is 0 Å². The summed E-state index contributed by atoms with van der Waals surface area (Å²) in [4.78, 5) is 1.90. The first kappa shape index (κ1) is 15.1. The Morgan fingerprint density at radius 1 is 1.05 bits per heavy atom. The molecular formula is C14H18N4O2S. The predicted octanol–water partition coefficient (Wildman–Crippen LogP) is 1.73. The average Bonchev–Trinajstić information content (AvgIpc) is 2.40. The summed E-state index contributed by atoms with van der Waals surface area (Å²) in [5, 5.41) is 8.34. The third kappa shape index (κ3) is 3.45. The molecule has 0 aliphatic heterocycles. The summed E-state index contributed by atoms with van der Waals surface area (Å²) in [6.07, 6.45) is 0. The molecule has 0 saturated carbocycles. The van der Waals surface area contributed by atoms with Crippen molar-refractivity contribution in [3.05, 3.63) is 42.5 Å². The lowest BCUT2D eigenvalue weighted by Crippen LogP contribution is -2.15. The quantitative estimate of drug-likeness (QED) is 0.747. The fourth-order valence-corrected chi connectivity index (χ4v) is 2.72. The van der Waals surface area contributed by atoms with E-state index in [9.17, 15) is 8.42 Å². The molecule has 0 amide bonds. The number of anilines is 4. The molecule has 7 heteroatoms. The van der Waals surface area contributed by atoms with Crippen molar-refractivity contribution in [3.8, 4) is 0 Å². The fourth-order valence-electron chi connectivity index (χ4n) is 1.99. The summed E-state index contributed by atoms with van der Waals surface area (Å²) < 4.78 is 23.4. The Balaban J connectivity index is 2.51. The first-order valence-electron chi connectivity index (χ1n) is 6.25. The van der Waals surface area contributed by atoms with Gasteiger partial charge >= 0.3 is 0 Å². The normalized spacial score (nSPS) is 11.2. The minimum absolute atomic E-state index is 0.0314. The molecule has 2 aromatic carbocycles. The van der Waals surface area contributed by atoms with E-state index >= 15 is 0 Å². The van der Waals surface area contributed by atoms with Gasteiger partial charge in [-0.25, -0.2) is 13.6 Å². The van der Waals surface area contributed by atoms with E-state index < -0.39 is 10.0 Å². The minimum Gasteiger partial charge on any atom is -0.399 e. The summed E-state index contributed by atoms with van der Waals surface area (Å²) in [5.41, 5.74) is 8.07. The summed E-state index contributed by atoms with van der Waals surface area (Å²) in [6, 6.07) is 12.1.